The van der Waals surface area contributed by atoms with E-state index >= 15 is 0 Å². The van der Waals surface area contributed by atoms with Gasteiger partial charge in [-0.3, -0.25) is 0 Å². The van der Waals surface area contributed by atoms with E-state index in [9.17, 15) is 5.11 Å². The number of fused-ring (bicyclic) bond motifs is 5. The molecule has 8 atom stereocenters. The van der Waals surface area contributed by atoms with Gasteiger partial charge in [-0.25, -0.2) is 0 Å². The highest BCUT2D eigenvalue weighted by molar-refractivity contribution is 5.25. The molecule has 24 heavy (non-hydrogen) atoms. The number of aliphatic hydroxyl groups excluding tert-OH is 1. The average molecular weight is 331 g/mol. The Balaban J connectivity index is 1.63. The first-order valence-electron chi connectivity index (χ1n) is 10.8. The second kappa shape index (κ2) is 5.86. The van der Waals surface area contributed by atoms with Crippen LogP contribution in [-0.2, 0) is 0 Å². The van der Waals surface area contributed by atoms with Crippen molar-refractivity contribution in [2.45, 2.75) is 91.6 Å². The minimum absolute atomic E-state index is 0.0732. The first-order chi connectivity index (χ1) is 11.4. The summed E-state index contributed by atoms with van der Waals surface area (Å²) in [5, 5.41) is 10.1. The Labute approximate surface area is 149 Å². The lowest BCUT2D eigenvalue weighted by atomic mass is 9.47. The fourth-order valence-corrected chi connectivity index (χ4v) is 7.90. The third kappa shape index (κ3) is 2.29. The minimum atomic E-state index is -0.0732. The van der Waals surface area contributed by atoms with Gasteiger partial charge in [-0.05, 0) is 91.8 Å². The van der Waals surface area contributed by atoms with Gasteiger partial charge >= 0.3 is 0 Å². The molecule has 4 rings (SSSR count). The number of hydrogen-bond donors (Lipinski definition) is 1. The van der Waals surface area contributed by atoms with Gasteiger partial charge < -0.3 is 5.11 Å². The predicted octanol–water partition coefficient (Wildman–Crippen LogP) is 5.97. The van der Waals surface area contributed by atoms with Gasteiger partial charge in [0.15, 0.2) is 0 Å². The third-order valence-electron chi connectivity index (χ3n) is 9.48. The van der Waals surface area contributed by atoms with E-state index in [0.717, 1.165) is 42.4 Å². The van der Waals surface area contributed by atoms with Crippen LogP contribution in [0.25, 0.3) is 0 Å². The molecule has 136 valence electrons. The molecule has 3 saturated carbocycles. The van der Waals surface area contributed by atoms with Gasteiger partial charge in [0.25, 0.3) is 0 Å². The Hall–Kier alpha value is -0.300. The molecule has 0 aromatic rings. The van der Waals surface area contributed by atoms with Crippen LogP contribution in [0.15, 0.2) is 11.6 Å². The van der Waals surface area contributed by atoms with E-state index in [1.54, 1.807) is 5.57 Å². The van der Waals surface area contributed by atoms with Crippen molar-refractivity contribution in [1.82, 2.24) is 0 Å². The Morgan fingerprint density at radius 2 is 1.92 bits per heavy atom. The average Bonchev–Trinajstić information content (AvgIpc) is 2.92. The Morgan fingerprint density at radius 1 is 1.12 bits per heavy atom. The molecule has 1 N–H and O–H groups in total. The van der Waals surface area contributed by atoms with Crippen molar-refractivity contribution >= 4 is 0 Å². The number of hydrogen-bond acceptors (Lipinski definition) is 1. The summed E-state index contributed by atoms with van der Waals surface area (Å²) in [4.78, 5) is 0. The van der Waals surface area contributed by atoms with Gasteiger partial charge in [0, 0.05) is 0 Å². The summed E-state index contributed by atoms with van der Waals surface area (Å²) in [6, 6.07) is 0. The van der Waals surface area contributed by atoms with Crippen LogP contribution in [0.2, 0.25) is 0 Å². The van der Waals surface area contributed by atoms with Crippen molar-refractivity contribution < 1.29 is 5.11 Å². The fourth-order valence-electron chi connectivity index (χ4n) is 7.90. The largest absolute Gasteiger partial charge is 0.393 e. The highest BCUT2D eigenvalue weighted by Crippen LogP contribution is 2.67. The van der Waals surface area contributed by atoms with E-state index in [-0.39, 0.29) is 6.10 Å². The van der Waals surface area contributed by atoms with Crippen LogP contribution in [0.1, 0.15) is 85.5 Å². The van der Waals surface area contributed by atoms with Crippen molar-refractivity contribution in [2.75, 3.05) is 0 Å². The van der Waals surface area contributed by atoms with Gasteiger partial charge in [-0.15, -0.1) is 0 Å². The summed E-state index contributed by atoms with van der Waals surface area (Å²) < 4.78 is 0. The highest BCUT2D eigenvalue weighted by Gasteiger charge is 2.58. The molecule has 0 aliphatic heterocycles. The van der Waals surface area contributed by atoms with E-state index in [4.69, 9.17) is 0 Å². The molecular weight excluding hydrogens is 292 g/mol. The van der Waals surface area contributed by atoms with E-state index < -0.39 is 0 Å². The normalized spacial score (nSPS) is 52.0. The van der Waals surface area contributed by atoms with Crippen LogP contribution in [0, 0.1) is 40.4 Å². The molecule has 0 saturated heterocycles. The van der Waals surface area contributed by atoms with E-state index in [2.05, 4.69) is 33.8 Å². The molecule has 1 nitrogen and oxygen atoms in total. The topological polar surface area (TPSA) is 20.2 Å². The summed E-state index contributed by atoms with van der Waals surface area (Å²) in [5.74, 6) is 4.61. The Morgan fingerprint density at radius 3 is 2.67 bits per heavy atom. The van der Waals surface area contributed by atoms with E-state index in [1.807, 2.05) is 0 Å². The molecule has 0 spiro atoms. The van der Waals surface area contributed by atoms with Crippen LogP contribution < -0.4 is 0 Å². The molecule has 0 radical (unpaired) electrons. The zero-order chi connectivity index (χ0) is 17.1. The Kier molecular flexibility index (Phi) is 4.18. The summed E-state index contributed by atoms with van der Waals surface area (Å²) in [7, 11) is 0. The van der Waals surface area contributed by atoms with Gasteiger partial charge in [0.05, 0.1) is 6.10 Å². The lowest BCUT2D eigenvalue weighted by Gasteiger charge is -2.58. The molecule has 0 bridgehead atoms. The smallest absolute Gasteiger partial charge is 0.0577 e. The molecule has 4 aliphatic rings. The van der Waals surface area contributed by atoms with Crippen molar-refractivity contribution in [3.8, 4) is 0 Å². The SMILES string of the molecule is CCC(C)C1CCC2C3CC=C4CC(O)CCC4(C)C3CCC12C. The second-order valence-electron chi connectivity index (χ2n) is 10.3. The standard InChI is InChI=1S/C23H38O/c1-5-15(2)19-8-9-20-18-7-6-16-14-17(24)10-12-22(16,3)21(18)11-13-23(19,20)4/h6,15,17-21,24H,5,7-14H2,1-4H3. The first-order valence-corrected chi connectivity index (χ1v) is 10.8. The highest BCUT2D eigenvalue weighted by atomic mass is 16.3. The molecule has 8 unspecified atom stereocenters. The molecule has 1 heteroatoms. The molecular formula is C23H38O. The van der Waals surface area contributed by atoms with Crippen LogP contribution >= 0.6 is 0 Å². The lowest BCUT2D eigenvalue weighted by molar-refractivity contribution is -0.0568. The van der Waals surface area contributed by atoms with E-state index in [1.165, 1.54) is 44.9 Å². The predicted molar refractivity (Wildman–Crippen MR) is 101 cm³/mol. The molecule has 0 amide bonds. The number of rotatable bonds is 2. The minimum Gasteiger partial charge on any atom is -0.393 e. The quantitative estimate of drug-likeness (QED) is 0.618. The van der Waals surface area contributed by atoms with Gasteiger partial charge in [0.1, 0.15) is 0 Å². The van der Waals surface area contributed by atoms with Crippen LogP contribution in [0.3, 0.4) is 0 Å². The maximum atomic E-state index is 10.1. The molecule has 0 aromatic carbocycles. The molecule has 3 fully saturated rings. The molecule has 4 aliphatic carbocycles. The summed E-state index contributed by atoms with van der Waals surface area (Å²) in [5.41, 5.74) is 2.62. The van der Waals surface area contributed by atoms with Crippen molar-refractivity contribution in [3.63, 3.8) is 0 Å². The lowest BCUT2D eigenvalue weighted by Crippen LogP contribution is -2.50. The monoisotopic (exact) mass is 330 g/mol. The maximum absolute atomic E-state index is 10.1. The summed E-state index contributed by atoms with van der Waals surface area (Å²) >= 11 is 0. The number of allylic oxidation sites excluding steroid dienone is 1. The first kappa shape index (κ1) is 17.1. The summed E-state index contributed by atoms with van der Waals surface area (Å²) in [6.07, 6.45) is 14.2. The van der Waals surface area contributed by atoms with E-state index in [0.29, 0.717) is 10.8 Å². The molecule has 0 aromatic heterocycles. The Bertz CT molecular complexity index is 522. The van der Waals surface area contributed by atoms with Crippen molar-refractivity contribution in [2.24, 2.45) is 40.4 Å². The third-order valence-corrected chi connectivity index (χ3v) is 9.48. The van der Waals surface area contributed by atoms with Gasteiger partial charge in [0.2, 0.25) is 0 Å². The fraction of sp³-hybridized carbons (Fsp3) is 0.913. The van der Waals surface area contributed by atoms with Crippen LogP contribution in [0.5, 0.6) is 0 Å². The van der Waals surface area contributed by atoms with Crippen molar-refractivity contribution in [3.05, 3.63) is 11.6 Å². The second-order valence-corrected chi connectivity index (χ2v) is 10.3. The van der Waals surface area contributed by atoms with Crippen molar-refractivity contribution in [1.29, 1.82) is 0 Å². The summed E-state index contributed by atoms with van der Waals surface area (Å²) in [6.45, 7) is 10.1. The molecule has 0 heterocycles. The zero-order valence-electron chi connectivity index (χ0n) is 16.4. The van der Waals surface area contributed by atoms with Gasteiger partial charge in [-0.1, -0.05) is 45.8 Å². The van der Waals surface area contributed by atoms with Crippen LogP contribution in [0.4, 0.5) is 0 Å². The number of aliphatic hydroxyl groups is 1. The zero-order valence-corrected chi connectivity index (χ0v) is 16.4. The maximum Gasteiger partial charge on any atom is 0.0577 e. The van der Waals surface area contributed by atoms with Crippen LogP contribution in [-0.4, -0.2) is 11.2 Å². The van der Waals surface area contributed by atoms with Gasteiger partial charge in [-0.2, -0.15) is 0 Å².